The van der Waals surface area contributed by atoms with Crippen LogP contribution in [0.4, 0.5) is 6.01 Å². The first-order valence-electron chi connectivity index (χ1n) is 7.59. The number of aromatic nitrogens is 2. The molecular formula is C16H19N3O2. The van der Waals surface area contributed by atoms with Gasteiger partial charge in [-0.05, 0) is 43.4 Å². The van der Waals surface area contributed by atoms with Crippen LogP contribution in [-0.2, 0) is 0 Å². The van der Waals surface area contributed by atoms with E-state index in [1.165, 1.54) is 18.4 Å². The maximum Gasteiger partial charge on any atom is 0.318 e. The SMILES string of the molecule is COc1cccc([C@H]2CCCN2c2nnc(C3CC3)o2)c1. The van der Waals surface area contributed by atoms with E-state index in [-0.39, 0.29) is 0 Å². The number of anilines is 1. The molecule has 2 heterocycles. The van der Waals surface area contributed by atoms with E-state index in [0.717, 1.165) is 31.0 Å². The molecule has 1 aliphatic carbocycles. The zero-order chi connectivity index (χ0) is 14.2. The Morgan fingerprint density at radius 2 is 2.14 bits per heavy atom. The molecule has 1 saturated heterocycles. The zero-order valence-electron chi connectivity index (χ0n) is 12.2. The smallest absolute Gasteiger partial charge is 0.318 e. The Hall–Kier alpha value is -2.04. The van der Waals surface area contributed by atoms with Gasteiger partial charge in [-0.25, -0.2) is 0 Å². The lowest BCUT2D eigenvalue weighted by Crippen LogP contribution is -2.22. The monoisotopic (exact) mass is 285 g/mol. The second-order valence-electron chi connectivity index (χ2n) is 5.83. The molecule has 5 heteroatoms. The second-order valence-corrected chi connectivity index (χ2v) is 5.83. The minimum absolute atomic E-state index is 0.299. The highest BCUT2D eigenvalue weighted by molar-refractivity contribution is 5.39. The van der Waals surface area contributed by atoms with E-state index in [1.807, 2.05) is 12.1 Å². The topological polar surface area (TPSA) is 51.4 Å². The predicted molar refractivity (Wildman–Crippen MR) is 78.6 cm³/mol. The average Bonchev–Trinajstić information content (AvgIpc) is 3.07. The quantitative estimate of drug-likeness (QED) is 0.862. The largest absolute Gasteiger partial charge is 0.497 e. The first-order valence-corrected chi connectivity index (χ1v) is 7.59. The molecule has 0 N–H and O–H groups in total. The molecule has 1 atom stereocenters. The Morgan fingerprint density at radius 1 is 1.24 bits per heavy atom. The minimum atomic E-state index is 0.299. The summed E-state index contributed by atoms with van der Waals surface area (Å²) in [5, 5.41) is 8.46. The Bertz CT molecular complexity index is 636. The summed E-state index contributed by atoms with van der Waals surface area (Å²) in [7, 11) is 1.70. The molecule has 0 unspecified atom stereocenters. The fourth-order valence-corrected chi connectivity index (χ4v) is 3.03. The van der Waals surface area contributed by atoms with Crippen LogP contribution in [0, 0.1) is 0 Å². The molecule has 1 aromatic carbocycles. The van der Waals surface area contributed by atoms with E-state index in [2.05, 4.69) is 27.2 Å². The normalized spacial score (nSPS) is 21.8. The van der Waals surface area contributed by atoms with Crippen LogP contribution in [0.25, 0.3) is 0 Å². The van der Waals surface area contributed by atoms with Gasteiger partial charge in [-0.15, -0.1) is 5.10 Å². The van der Waals surface area contributed by atoms with Crippen LogP contribution in [0.1, 0.15) is 49.1 Å². The molecule has 2 fully saturated rings. The summed E-state index contributed by atoms with van der Waals surface area (Å²) < 4.78 is 11.2. The lowest BCUT2D eigenvalue weighted by atomic mass is 10.0. The third kappa shape index (κ3) is 2.37. The van der Waals surface area contributed by atoms with E-state index in [1.54, 1.807) is 7.11 Å². The first-order chi connectivity index (χ1) is 10.3. The fourth-order valence-electron chi connectivity index (χ4n) is 3.03. The molecule has 5 nitrogen and oxygen atoms in total. The molecule has 0 bridgehead atoms. The van der Waals surface area contributed by atoms with Crippen LogP contribution in [0.2, 0.25) is 0 Å². The van der Waals surface area contributed by atoms with Crippen LogP contribution in [0.5, 0.6) is 5.75 Å². The second kappa shape index (κ2) is 5.06. The van der Waals surface area contributed by atoms with Crippen LogP contribution >= 0.6 is 0 Å². The molecule has 1 saturated carbocycles. The standard InChI is InChI=1S/C16H19N3O2/c1-20-13-5-2-4-12(10-13)14-6-3-9-19(14)16-18-17-15(21-16)11-7-8-11/h2,4-5,10-11,14H,3,6-9H2,1H3/t14-/m1/s1. The van der Waals surface area contributed by atoms with Crippen molar-refractivity contribution in [3.05, 3.63) is 35.7 Å². The van der Waals surface area contributed by atoms with E-state index < -0.39 is 0 Å². The van der Waals surface area contributed by atoms with Gasteiger partial charge in [0, 0.05) is 12.5 Å². The van der Waals surface area contributed by atoms with Crippen molar-refractivity contribution in [2.45, 2.75) is 37.6 Å². The lowest BCUT2D eigenvalue weighted by Gasteiger charge is -2.23. The van der Waals surface area contributed by atoms with E-state index in [0.29, 0.717) is 18.0 Å². The maximum atomic E-state index is 5.87. The Morgan fingerprint density at radius 3 is 2.95 bits per heavy atom. The highest BCUT2D eigenvalue weighted by Crippen LogP contribution is 2.42. The third-order valence-electron chi connectivity index (χ3n) is 4.33. The van der Waals surface area contributed by atoms with E-state index in [4.69, 9.17) is 9.15 Å². The summed E-state index contributed by atoms with van der Waals surface area (Å²) >= 11 is 0. The summed E-state index contributed by atoms with van der Waals surface area (Å²) in [6.07, 6.45) is 4.61. The molecule has 0 amide bonds. The molecule has 1 aliphatic heterocycles. The Labute approximate surface area is 123 Å². The van der Waals surface area contributed by atoms with Crippen molar-refractivity contribution in [2.24, 2.45) is 0 Å². The Kier molecular flexibility index (Phi) is 3.05. The van der Waals surface area contributed by atoms with Crippen molar-refractivity contribution in [2.75, 3.05) is 18.6 Å². The predicted octanol–water partition coefficient (Wildman–Crippen LogP) is 3.30. The van der Waals surface area contributed by atoms with Crippen LogP contribution in [0.15, 0.2) is 28.7 Å². The number of rotatable bonds is 4. The summed E-state index contributed by atoms with van der Waals surface area (Å²) in [4.78, 5) is 2.23. The van der Waals surface area contributed by atoms with Crippen LogP contribution < -0.4 is 9.64 Å². The number of hydrogen-bond acceptors (Lipinski definition) is 5. The maximum absolute atomic E-state index is 5.87. The van der Waals surface area contributed by atoms with Gasteiger partial charge in [0.2, 0.25) is 5.89 Å². The first kappa shape index (κ1) is 12.7. The minimum Gasteiger partial charge on any atom is -0.497 e. The molecule has 2 aromatic rings. The number of benzene rings is 1. The molecule has 2 aliphatic rings. The third-order valence-corrected chi connectivity index (χ3v) is 4.33. The molecule has 0 spiro atoms. The van der Waals surface area contributed by atoms with Gasteiger partial charge >= 0.3 is 6.01 Å². The van der Waals surface area contributed by atoms with Crippen molar-refractivity contribution < 1.29 is 9.15 Å². The van der Waals surface area contributed by atoms with Gasteiger partial charge in [-0.3, -0.25) is 0 Å². The van der Waals surface area contributed by atoms with Crippen molar-refractivity contribution >= 4 is 6.01 Å². The van der Waals surface area contributed by atoms with Gasteiger partial charge in [0.05, 0.1) is 13.2 Å². The highest BCUT2D eigenvalue weighted by Gasteiger charge is 2.33. The van der Waals surface area contributed by atoms with Crippen molar-refractivity contribution in [1.29, 1.82) is 0 Å². The van der Waals surface area contributed by atoms with Gasteiger partial charge in [-0.2, -0.15) is 0 Å². The Balaban J connectivity index is 1.61. The number of methoxy groups -OCH3 is 1. The molecule has 110 valence electrons. The van der Waals surface area contributed by atoms with Crippen molar-refractivity contribution in [1.82, 2.24) is 10.2 Å². The number of nitrogens with zero attached hydrogens (tertiary/aromatic N) is 3. The van der Waals surface area contributed by atoms with Gasteiger partial charge in [0.15, 0.2) is 0 Å². The van der Waals surface area contributed by atoms with Crippen LogP contribution in [-0.4, -0.2) is 23.9 Å². The van der Waals surface area contributed by atoms with Gasteiger partial charge < -0.3 is 14.1 Å². The summed E-state index contributed by atoms with van der Waals surface area (Å²) in [5.41, 5.74) is 1.25. The molecular weight excluding hydrogens is 266 g/mol. The summed E-state index contributed by atoms with van der Waals surface area (Å²) in [6, 6.07) is 9.22. The lowest BCUT2D eigenvalue weighted by molar-refractivity contribution is 0.413. The molecule has 4 rings (SSSR count). The van der Waals surface area contributed by atoms with Gasteiger partial charge in [-0.1, -0.05) is 17.2 Å². The van der Waals surface area contributed by atoms with Crippen molar-refractivity contribution in [3.8, 4) is 5.75 Å². The van der Waals surface area contributed by atoms with Crippen molar-refractivity contribution in [3.63, 3.8) is 0 Å². The number of hydrogen-bond donors (Lipinski definition) is 0. The molecule has 0 radical (unpaired) electrons. The van der Waals surface area contributed by atoms with E-state index in [9.17, 15) is 0 Å². The summed E-state index contributed by atoms with van der Waals surface area (Å²) in [6.45, 7) is 0.966. The zero-order valence-corrected chi connectivity index (χ0v) is 12.2. The molecule has 1 aromatic heterocycles. The average molecular weight is 285 g/mol. The summed E-state index contributed by atoms with van der Waals surface area (Å²) in [5.74, 6) is 2.20. The van der Waals surface area contributed by atoms with Crippen LogP contribution in [0.3, 0.4) is 0 Å². The molecule has 21 heavy (non-hydrogen) atoms. The number of ether oxygens (including phenoxy) is 1. The van der Waals surface area contributed by atoms with E-state index >= 15 is 0 Å². The fraction of sp³-hybridized carbons (Fsp3) is 0.500. The highest BCUT2D eigenvalue weighted by atomic mass is 16.5. The van der Waals surface area contributed by atoms with Gasteiger partial charge in [0.25, 0.3) is 0 Å². The van der Waals surface area contributed by atoms with Gasteiger partial charge in [0.1, 0.15) is 5.75 Å².